The molecule has 3 atom stereocenters. The molecule has 0 radical (unpaired) electrons. The SMILES string of the molecule is C#C[C@@](C)(CCC[C@H](C)CCC[C@H](C)CCCC(C)C)Oc1cc(C)cc(C)c1C. The number of benzene rings is 1. The third-order valence-electron chi connectivity index (χ3n) is 6.63. The molecule has 0 heterocycles. The fraction of sp³-hybridized carbons (Fsp3) is 0.724. The average Bonchev–Trinajstić information content (AvgIpc) is 2.65. The van der Waals surface area contributed by atoms with E-state index in [1.54, 1.807) is 0 Å². The molecule has 170 valence electrons. The monoisotopic (exact) mass is 412 g/mol. The van der Waals surface area contributed by atoms with Gasteiger partial charge in [-0.3, -0.25) is 0 Å². The zero-order valence-electron chi connectivity index (χ0n) is 21.2. The average molecular weight is 413 g/mol. The van der Waals surface area contributed by atoms with E-state index in [2.05, 4.69) is 73.4 Å². The van der Waals surface area contributed by atoms with Gasteiger partial charge in [-0.05, 0) is 81.0 Å². The van der Waals surface area contributed by atoms with Gasteiger partial charge in [0.2, 0.25) is 0 Å². The van der Waals surface area contributed by atoms with Crippen LogP contribution in [-0.4, -0.2) is 5.60 Å². The number of ether oxygens (including phenoxy) is 1. The molecule has 0 aromatic heterocycles. The van der Waals surface area contributed by atoms with E-state index in [9.17, 15) is 0 Å². The van der Waals surface area contributed by atoms with E-state index in [0.29, 0.717) is 0 Å². The molecule has 0 spiro atoms. The standard InChI is InChI=1S/C29H48O/c1-10-29(9,30-28-21-25(6)20-26(7)27(28)8)19-13-18-24(5)17-12-16-23(4)15-11-14-22(2)3/h1,20-24H,11-19H2,2-9H3/t23-,24-,29+/m1/s1. The van der Waals surface area contributed by atoms with E-state index < -0.39 is 5.60 Å². The van der Waals surface area contributed by atoms with Crippen LogP contribution in [0, 0.1) is 50.9 Å². The zero-order valence-corrected chi connectivity index (χ0v) is 21.2. The minimum absolute atomic E-state index is 0.532. The molecule has 1 heteroatoms. The fourth-order valence-corrected chi connectivity index (χ4v) is 4.27. The third kappa shape index (κ3) is 10.1. The van der Waals surface area contributed by atoms with Crippen molar-refractivity contribution in [2.45, 2.75) is 119 Å². The van der Waals surface area contributed by atoms with E-state index in [0.717, 1.165) is 36.3 Å². The van der Waals surface area contributed by atoms with Gasteiger partial charge in [-0.15, -0.1) is 6.42 Å². The molecular formula is C29H48O. The summed E-state index contributed by atoms with van der Waals surface area (Å²) in [4.78, 5) is 0. The Morgan fingerprint density at radius 1 is 0.867 bits per heavy atom. The number of rotatable bonds is 14. The highest BCUT2D eigenvalue weighted by molar-refractivity contribution is 5.42. The van der Waals surface area contributed by atoms with Crippen LogP contribution in [-0.2, 0) is 0 Å². The lowest BCUT2D eigenvalue weighted by atomic mass is 9.90. The maximum atomic E-state index is 6.36. The van der Waals surface area contributed by atoms with Gasteiger partial charge in [-0.1, -0.05) is 84.6 Å². The molecule has 0 saturated heterocycles. The lowest BCUT2D eigenvalue weighted by Gasteiger charge is -2.27. The van der Waals surface area contributed by atoms with Crippen LogP contribution in [0.1, 0.15) is 109 Å². The summed E-state index contributed by atoms with van der Waals surface area (Å²) in [6, 6.07) is 4.31. The molecule has 0 saturated carbocycles. The Labute approximate surface area is 188 Å². The summed E-state index contributed by atoms with van der Waals surface area (Å²) in [6.07, 6.45) is 17.4. The Bertz CT molecular complexity index is 666. The van der Waals surface area contributed by atoms with Gasteiger partial charge in [0.1, 0.15) is 5.75 Å². The highest BCUT2D eigenvalue weighted by Gasteiger charge is 2.24. The molecule has 0 unspecified atom stereocenters. The van der Waals surface area contributed by atoms with Crippen molar-refractivity contribution in [3.05, 3.63) is 28.8 Å². The fourth-order valence-electron chi connectivity index (χ4n) is 4.27. The first kappa shape index (κ1) is 26.6. The van der Waals surface area contributed by atoms with Crippen molar-refractivity contribution in [2.75, 3.05) is 0 Å². The molecule has 0 amide bonds. The van der Waals surface area contributed by atoms with Crippen LogP contribution in [0.25, 0.3) is 0 Å². The van der Waals surface area contributed by atoms with Crippen molar-refractivity contribution in [3.63, 3.8) is 0 Å². The van der Waals surface area contributed by atoms with Crippen LogP contribution in [0.5, 0.6) is 5.75 Å². The van der Waals surface area contributed by atoms with Crippen molar-refractivity contribution in [2.24, 2.45) is 17.8 Å². The van der Waals surface area contributed by atoms with Crippen LogP contribution in [0.4, 0.5) is 0 Å². The van der Waals surface area contributed by atoms with Crippen molar-refractivity contribution in [1.82, 2.24) is 0 Å². The topological polar surface area (TPSA) is 9.23 Å². The molecule has 0 aliphatic rings. The van der Waals surface area contributed by atoms with E-state index in [1.165, 1.54) is 61.6 Å². The second-order valence-corrected chi connectivity index (χ2v) is 10.5. The second kappa shape index (κ2) is 13.1. The Balaban J connectivity index is 2.37. The number of hydrogen-bond donors (Lipinski definition) is 0. The molecule has 0 fully saturated rings. The van der Waals surface area contributed by atoms with Gasteiger partial charge < -0.3 is 4.74 Å². The largest absolute Gasteiger partial charge is 0.475 e. The van der Waals surface area contributed by atoms with Gasteiger partial charge in [0.25, 0.3) is 0 Å². The van der Waals surface area contributed by atoms with Gasteiger partial charge in [0.15, 0.2) is 5.60 Å². The minimum Gasteiger partial charge on any atom is -0.475 e. The van der Waals surface area contributed by atoms with Crippen LogP contribution in [0.3, 0.4) is 0 Å². The summed E-state index contributed by atoms with van der Waals surface area (Å²) in [5, 5.41) is 0. The van der Waals surface area contributed by atoms with Crippen LogP contribution < -0.4 is 4.74 Å². The number of aryl methyl sites for hydroxylation is 2. The van der Waals surface area contributed by atoms with E-state index in [-0.39, 0.29) is 0 Å². The predicted molar refractivity (Wildman–Crippen MR) is 133 cm³/mol. The van der Waals surface area contributed by atoms with E-state index >= 15 is 0 Å². The Hall–Kier alpha value is -1.42. The first-order chi connectivity index (χ1) is 14.1. The Morgan fingerprint density at radius 2 is 1.40 bits per heavy atom. The molecule has 1 rings (SSSR count). The maximum absolute atomic E-state index is 6.36. The zero-order chi connectivity index (χ0) is 22.7. The molecule has 0 bridgehead atoms. The van der Waals surface area contributed by atoms with Crippen LogP contribution in [0.15, 0.2) is 12.1 Å². The molecule has 30 heavy (non-hydrogen) atoms. The first-order valence-corrected chi connectivity index (χ1v) is 12.3. The van der Waals surface area contributed by atoms with Gasteiger partial charge in [-0.2, -0.15) is 0 Å². The molecular weight excluding hydrogens is 364 g/mol. The summed E-state index contributed by atoms with van der Waals surface area (Å²) >= 11 is 0. The highest BCUT2D eigenvalue weighted by atomic mass is 16.5. The van der Waals surface area contributed by atoms with Crippen molar-refractivity contribution < 1.29 is 4.74 Å². The number of hydrogen-bond acceptors (Lipinski definition) is 1. The Kier molecular flexibility index (Phi) is 11.6. The quantitative estimate of drug-likeness (QED) is 0.277. The van der Waals surface area contributed by atoms with Crippen molar-refractivity contribution >= 4 is 0 Å². The predicted octanol–water partition coefficient (Wildman–Crippen LogP) is 8.82. The van der Waals surface area contributed by atoms with Crippen molar-refractivity contribution in [3.8, 4) is 18.1 Å². The summed E-state index contributed by atoms with van der Waals surface area (Å²) in [5.41, 5.74) is 3.14. The van der Waals surface area contributed by atoms with Crippen LogP contribution in [0.2, 0.25) is 0 Å². The second-order valence-electron chi connectivity index (χ2n) is 10.5. The maximum Gasteiger partial charge on any atom is 0.166 e. The molecule has 1 aromatic rings. The number of terminal acetylenes is 1. The minimum atomic E-state index is -0.532. The van der Waals surface area contributed by atoms with Gasteiger partial charge in [-0.25, -0.2) is 0 Å². The highest BCUT2D eigenvalue weighted by Crippen LogP contribution is 2.30. The third-order valence-corrected chi connectivity index (χ3v) is 6.63. The lowest BCUT2D eigenvalue weighted by molar-refractivity contribution is 0.134. The normalized spacial score (nSPS) is 15.5. The van der Waals surface area contributed by atoms with Crippen molar-refractivity contribution in [1.29, 1.82) is 0 Å². The van der Waals surface area contributed by atoms with Gasteiger partial charge >= 0.3 is 0 Å². The van der Waals surface area contributed by atoms with Gasteiger partial charge in [0.05, 0.1) is 0 Å². The van der Waals surface area contributed by atoms with Gasteiger partial charge in [0, 0.05) is 0 Å². The summed E-state index contributed by atoms with van der Waals surface area (Å²) < 4.78 is 6.36. The molecule has 1 nitrogen and oxygen atoms in total. The molecule has 0 aliphatic heterocycles. The summed E-state index contributed by atoms with van der Waals surface area (Å²) in [6.45, 7) is 17.9. The smallest absolute Gasteiger partial charge is 0.166 e. The summed E-state index contributed by atoms with van der Waals surface area (Å²) in [5.74, 6) is 6.34. The first-order valence-electron chi connectivity index (χ1n) is 12.3. The van der Waals surface area contributed by atoms with Crippen LogP contribution >= 0.6 is 0 Å². The molecule has 0 N–H and O–H groups in total. The Morgan fingerprint density at radius 3 is 1.93 bits per heavy atom. The molecule has 1 aromatic carbocycles. The molecule has 0 aliphatic carbocycles. The van der Waals surface area contributed by atoms with E-state index in [4.69, 9.17) is 11.2 Å². The summed E-state index contributed by atoms with van der Waals surface area (Å²) in [7, 11) is 0. The lowest BCUT2D eigenvalue weighted by Crippen LogP contribution is -2.31. The van der Waals surface area contributed by atoms with E-state index in [1.807, 2.05) is 0 Å².